The summed E-state index contributed by atoms with van der Waals surface area (Å²) in [6, 6.07) is 12.2. The molecule has 1 heterocycles. The maximum atomic E-state index is 12.6. The van der Waals surface area contributed by atoms with Gasteiger partial charge in [0.25, 0.3) is 0 Å². The van der Waals surface area contributed by atoms with E-state index in [1.165, 1.54) is 13.0 Å². The summed E-state index contributed by atoms with van der Waals surface area (Å²) < 4.78 is 5.76. The topological polar surface area (TPSA) is 95.9 Å². The van der Waals surface area contributed by atoms with Crippen molar-refractivity contribution in [1.82, 2.24) is 10.2 Å². The highest BCUT2D eigenvalue weighted by Gasteiger charge is 2.28. The highest BCUT2D eigenvalue weighted by molar-refractivity contribution is 6.43. The van der Waals surface area contributed by atoms with Crippen LogP contribution in [-0.2, 0) is 21.0 Å². The van der Waals surface area contributed by atoms with Crippen LogP contribution < -0.4 is 10.1 Å². The van der Waals surface area contributed by atoms with Gasteiger partial charge in [-0.05, 0) is 49.1 Å². The fourth-order valence-electron chi connectivity index (χ4n) is 3.54. The number of benzene rings is 2. The second kappa shape index (κ2) is 11.9. The Hall–Kier alpha value is -3.03. The number of hydrogen-bond acceptors (Lipinski definition) is 4. The van der Waals surface area contributed by atoms with Crippen LogP contribution in [0.25, 0.3) is 6.08 Å². The summed E-state index contributed by atoms with van der Waals surface area (Å²) in [7, 11) is 0. The smallest absolute Gasteiger partial charge is 0.325 e. The summed E-state index contributed by atoms with van der Waals surface area (Å²) in [6.07, 6.45) is 3.97. The molecule has 0 saturated carbocycles. The predicted octanol–water partition coefficient (Wildman–Crippen LogP) is 4.41. The third-order valence-electron chi connectivity index (χ3n) is 5.63. The van der Waals surface area contributed by atoms with E-state index >= 15 is 0 Å². The molecule has 1 unspecified atom stereocenters. The second-order valence-electron chi connectivity index (χ2n) is 8.06. The van der Waals surface area contributed by atoms with Gasteiger partial charge in [-0.15, -0.1) is 0 Å². The van der Waals surface area contributed by atoms with Crippen LogP contribution in [0.5, 0.6) is 5.75 Å². The van der Waals surface area contributed by atoms with Crippen LogP contribution in [0.2, 0.25) is 10.0 Å². The van der Waals surface area contributed by atoms with E-state index < -0.39 is 12.0 Å². The zero-order valence-electron chi connectivity index (χ0n) is 18.7. The number of ether oxygens (including phenoxy) is 1. The molecular formula is C25H26Cl2N2O5. The minimum absolute atomic E-state index is 0.200. The van der Waals surface area contributed by atoms with Crippen LogP contribution in [0.1, 0.15) is 30.9 Å². The number of likely N-dealkylation sites (tertiary alicyclic amines) is 1. The molecule has 0 bridgehead atoms. The average Bonchev–Trinajstić information content (AvgIpc) is 2.84. The van der Waals surface area contributed by atoms with E-state index in [1.54, 1.807) is 23.1 Å². The molecule has 34 heavy (non-hydrogen) atoms. The van der Waals surface area contributed by atoms with E-state index in [0.29, 0.717) is 48.9 Å². The van der Waals surface area contributed by atoms with E-state index in [0.717, 1.165) is 5.56 Å². The Balaban J connectivity index is 1.54. The minimum Gasteiger partial charge on any atom is -0.487 e. The van der Waals surface area contributed by atoms with Gasteiger partial charge in [0.1, 0.15) is 23.4 Å². The number of nitrogens with zero attached hydrogens (tertiary/aromatic N) is 1. The number of carboxylic acid groups (broad SMARTS) is 1. The van der Waals surface area contributed by atoms with Crippen molar-refractivity contribution >= 4 is 47.1 Å². The highest BCUT2D eigenvalue weighted by Crippen LogP contribution is 2.35. The van der Waals surface area contributed by atoms with E-state index in [2.05, 4.69) is 5.32 Å². The van der Waals surface area contributed by atoms with Crippen molar-refractivity contribution in [3.05, 3.63) is 69.7 Å². The molecule has 2 aromatic carbocycles. The van der Waals surface area contributed by atoms with Gasteiger partial charge in [0.05, 0.1) is 5.02 Å². The van der Waals surface area contributed by atoms with E-state index in [-0.39, 0.29) is 22.8 Å². The summed E-state index contributed by atoms with van der Waals surface area (Å²) in [6.45, 7) is 2.59. The predicted molar refractivity (Wildman–Crippen MR) is 131 cm³/mol. The van der Waals surface area contributed by atoms with Crippen molar-refractivity contribution in [3.63, 3.8) is 0 Å². The Labute approximate surface area is 208 Å². The van der Waals surface area contributed by atoms with Crippen LogP contribution in [0.15, 0.2) is 48.5 Å². The first-order chi connectivity index (χ1) is 16.3. The molecule has 0 aliphatic carbocycles. The third kappa shape index (κ3) is 6.74. The lowest BCUT2D eigenvalue weighted by Gasteiger charge is -2.31. The number of piperidine rings is 1. The Bertz CT molecular complexity index is 1070. The number of hydrogen-bond donors (Lipinski definition) is 2. The second-order valence-corrected chi connectivity index (χ2v) is 8.81. The number of carbonyl (C=O) groups excluding carboxylic acids is 2. The molecule has 3 rings (SSSR count). The van der Waals surface area contributed by atoms with Gasteiger partial charge < -0.3 is 20.1 Å². The van der Waals surface area contributed by atoms with Crippen LogP contribution in [0.4, 0.5) is 0 Å². The molecule has 2 amide bonds. The lowest BCUT2D eigenvalue weighted by Crippen LogP contribution is -2.46. The maximum Gasteiger partial charge on any atom is 0.325 e. The largest absolute Gasteiger partial charge is 0.487 e. The molecule has 1 fully saturated rings. The van der Waals surface area contributed by atoms with E-state index in [4.69, 9.17) is 33.0 Å². The fourth-order valence-corrected chi connectivity index (χ4v) is 3.99. The Morgan fingerprint density at radius 3 is 2.44 bits per heavy atom. The number of nitrogens with one attached hydrogen (secondary N) is 1. The molecule has 0 radical (unpaired) electrons. The van der Waals surface area contributed by atoms with Crippen molar-refractivity contribution in [1.29, 1.82) is 0 Å². The number of carbonyl (C=O) groups is 3. The Kier molecular flexibility index (Phi) is 8.96. The average molecular weight is 505 g/mol. The molecule has 7 nitrogen and oxygen atoms in total. The van der Waals surface area contributed by atoms with Gasteiger partial charge in [-0.2, -0.15) is 0 Å². The van der Waals surface area contributed by atoms with Gasteiger partial charge in [0.2, 0.25) is 11.8 Å². The first kappa shape index (κ1) is 25.6. The van der Waals surface area contributed by atoms with Gasteiger partial charge in [-0.3, -0.25) is 14.4 Å². The molecular weight excluding hydrogens is 479 g/mol. The van der Waals surface area contributed by atoms with E-state index in [1.807, 2.05) is 30.3 Å². The van der Waals surface area contributed by atoms with Gasteiger partial charge in [0, 0.05) is 25.1 Å². The van der Waals surface area contributed by atoms with E-state index in [9.17, 15) is 14.4 Å². The Morgan fingerprint density at radius 2 is 1.79 bits per heavy atom. The number of halogens is 2. The number of aliphatic carboxylic acids is 1. The van der Waals surface area contributed by atoms with Crippen LogP contribution in [-0.4, -0.2) is 46.9 Å². The van der Waals surface area contributed by atoms with Crippen LogP contribution in [0, 0.1) is 5.92 Å². The van der Waals surface area contributed by atoms with Crippen LogP contribution >= 0.6 is 23.2 Å². The fraction of sp³-hybridized carbons (Fsp3) is 0.320. The first-order valence-corrected chi connectivity index (χ1v) is 11.7. The Morgan fingerprint density at radius 1 is 1.12 bits per heavy atom. The molecule has 9 heteroatoms. The van der Waals surface area contributed by atoms with Crippen LogP contribution in [0.3, 0.4) is 0 Å². The van der Waals surface area contributed by atoms with Crippen molar-refractivity contribution in [2.24, 2.45) is 5.92 Å². The standard InChI is InChI=1S/C25H26Cl2N2O5/c1-16(25(32)33)28-24(31)19-11-13-29(14-12-19)21(30)10-8-18-7-9-20(23(27)22(18)26)34-15-17-5-3-2-4-6-17/h2-10,16,19H,11-15H2,1H3,(H,28,31)(H,32,33)/b10-8+. The van der Waals surface area contributed by atoms with Crippen molar-refractivity contribution in [2.45, 2.75) is 32.4 Å². The lowest BCUT2D eigenvalue weighted by atomic mass is 9.95. The molecule has 1 atom stereocenters. The zero-order chi connectivity index (χ0) is 24.7. The normalized spacial score (nSPS) is 15.2. The molecule has 2 aromatic rings. The molecule has 0 spiro atoms. The third-order valence-corrected chi connectivity index (χ3v) is 6.51. The lowest BCUT2D eigenvalue weighted by molar-refractivity contribution is -0.142. The van der Waals surface area contributed by atoms with Gasteiger partial charge in [-0.25, -0.2) is 0 Å². The van der Waals surface area contributed by atoms with Crippen molar-refractivity contribution in [3.8, 4) is 5.75 Å². The van der Waals surface area contributed by atoms with Gasteiger partial charge in [-0.1, -0.05) is 53.5 Å². The van der Waals surface area contributed by atoms with Crippen molar-refractivity contribution in [2.75, 3.05) is 13.1 Å². The molecule has 180 valence electrons. The summed E-state index contributed by atoms with van der Waals surface area (Å²) in [4.78, 5) is 37.3. The minimum atomic E-state index is -1.08. The molecule has 1 saturated heterocycles. The van der Waals surface area contributed by atoms with Gasteiger partial charge in [0.15, 0.2) is 0 Å². The first-order valence-electron chi connectivity index (χ1n) is 10.9. The monoisotopic (exact) mass is 504 g/mol. The highest BCUT2D eigenvalue weighted by atomic mass is 35.5. The molecule has 0 aromatic heterocycles. The number of carboxylic acids is 1. The molecule has 1 aliphatic rings. The summed E-state index contributed by atoms with van der Waals surface area (Å²) in [5.74, 6) is -1.44. The molecule has 1 aliphatic heterocycles. The number of amides is 2. The maximum absolute atomic E-state index is 12.6. The van der Waals surface area contributed by atoms with Crippen molar-refractivity contribution < 1.29 is 24.2 Å². The zero-order valence-corrected chi connectivity index (χ0v) is 20.2. The SMILES string of the molecule is CC(NC(=O)C1CCN(C(=O)/C=C/c2ccc(OCc3ccccc3)c(Cl)c2Cl)CC1)C(=O)O. The summed E-state index contributed by atoms with van der Waals surface area (Å²) >= 11 is 12.8. The van der Waals surface area contributed by atoms with Gasteiger partial charge >= 0.3 is 5.97 Å². The molecule has 2 N–H and O–H groups in total. The summed E-state index contributed by atoms with van der Waals surface area (Å²) in [5, 5.41) is 12.0. The number of rotatable bonds is 8. The summed E-state index contributed by atoms with van der Waals surface area (Å²) in [5.41, 5.74) is 1.59. The quantitative estimate of drug-likeness (QED) is 0.519.